The molecule has 1 aliphatic rings. The molecule has 3 heterocycles. The van der Waals surface area contributed by atoms with Crippen LogP contribution in [0.1, 0.15) is 10.6 Å². The lowest BCUT2D eigenvalue weighted by atomic mass is 10.0. The van der Waals surface area contributed by atoms with Gasteiger partial charge in [0.15, 0.2) is 5.76 Å². The van der Waals surface area contributed by atoms with Gasteiger partial charge in [-0.3, -0.25) is 15.0 Å². The van der Waals surface area contributed by atoms with Crippen LogP contribution in [0.2, 0.25) is 0 Å². The highest BCUT2D eigenvalue weighted by atomic mass is 32.2. The van der Waals surface area contributed by atoms with Crippen LogP contribution in [0.15, 0.2) is 50.7 Å². The van der Waals surface area contributed by atoms with Gasteiger partial charge in [-0.1, -0.05) is 17.4 Å². The van der Waals surface area contributed by atoms with Crippen LogP contribution in [0.25, 0.3) is 11.1 Å². The summed E-state index contributed by atoms with van der Waals surface area (Å²) < 4.78 is 22.5. The molecule has 16 heteroatoms. The van der Waals surface area contributed by atoms with E-state index in [4.69, 9.17) is 30.1 Å². The molecule has 3 aromatic rings. The Hall–Kier alpha value is -4.12. The van der Waals surface area contributed by atoms with Crippen LogP contribution < -0.4 is 36.6 Å². The molecule has 224 valence electrons. The maximum Gasteiger partial charge on any atom is 0.379 e. The van der Waals surface area contributed by atoms with Gasteiger partial charge in [0.25, 0.3) is 5.91 Å². The van der Waals surface area contributed by atoms with E-state index in [0.717, 1.165) is 35.9 Å². The molecule has 0 bridgehead atoms. The van der Waals surface area contributed by atoms with E-state index in [1.165, 1.54) is 32.6 Å². The number of nitrogens with two attached hydrogens (primary N) is 2. The number of ether oxygens (including phenoxy) is 3. The topological polar surface area (TPSA) is 201 Å². The lowest BCUT2D eigenvalue weighted by Crippen LogP contribution is -2.46. The first-order valence-corrected chi connectivity index (χ1v) is 14.7. The van der Waals surface area contributed by atoms with E-state index in [9.17, 15) is 14.7 Å². The molecule has 0 radical (unpaired) electrons. The molecular formula is C26H31N7O7S2. The summed E-state index contributed by atoms with van der Waals surface area (Å²) in [5.41, 5.74) is 10.7. The lowest BCUT2D eigenvalue weighted by molar-refractivity contribution is 0.0879. The molecule has 1 unspecified atom stereocenters. The third-order valence-electron chi connectivity index (χ3n) is 6.15. The molecule has 1 aromatic carbocycles. The van der Waals surface area contributed by atoms with E-state index in [1.807, 2.05) is 11.8 Å². The largest absolute Gasteiger partial charge is 0.496 e. The molecule has 1 fully saturated rings. The number of amidine groups is 1. The number of carbonyl (C=O) groups excluding carboxylic acids is 1. The van der Waals surface area contributed by atoms with E-state index >= 15 is 0 Å². The summed E-state index contributed by atoms with van der Waals surface area (Å²) in [6.45, 7) is 1.43. The van der Waals surface area contributed by atoms with Gasteiger partial charge in [-0.25, -0.2) is 9.79 Å². The molecule has 42 heavy (non-hydrogen) atoms. The van der Waals surface area contributed by atoms with Crippen LogP contribution in [-0.2, 0) is 0 Å². The summed E-state index contributed by atoms with van der Waals surface area (Å²) in [5.74, 6) is 1.47. The Labute approximate surface area is 249 Å². The minimum atomic E-state index is -0.902. The standard InChI is InChI=1S/C26H31N7O7S2/c1-37-17-4-3-5-18(38-2)21(17)16-12-19(23(35)30-26-32-31-25(42-26)29-20(28)6-7-27)40-24(36)22(16)39-14-15(13-34)33-8-10-41-11-9-33/h3-7,12,15,34H,8-11,13-14,27H2,1-2H3,(H2,28,29,31)(H,30,32,35)/b7-6-. The van der Waals surface area contributed by atoms with Crippen molar-refractivity contribution in [1.29, 1.82) is 0 Å². The van der Waals surface area contributed by atoms with Crippen molar-refractivity contribution >= 4 is 45.1 Å². The lowest BCUT2D eigenvalue weighted by Gasteiger charge is -2.33. The zero-order valence-corrected chi connectivity index (χ0v) is 24.6. The second kappa shape index (κ2) is 14.7. The molecule has 2 aromatic heterocycles. The van der Waals surface area contributed by atoms with Crippen molar-refractivity contribution in [2.45, 2.75) is 6.04 Å². The summed E-state index contributed by atoms with van der Waals surface area (Å²) in [6, 6.07) is 6.12. The van der Waals surface area contributed by atoms with Crippen LogP contribution >= 0.6 is 23.1 Å². The van der Waals surface area contributed by atoms with Gasteiger partial charge >= 0.3 is 5.63 Å². The molecule has 14 nitrogen and oxygen atoms in total. The van der Waals surface area contributed by atoms with E-state index in [-0.39, 0.29) is 52.4 Å². The first-order chi connectivity index (χ1) is 20.4. The first-order valence-electron chi connectivity index (χ1n) is 12.7. The van der Waals surface area contributed by atoms with Crippen molar-refractivity contribution in [3.63, 3.8) is 0 Å². The number of anilines is 1. The predicted octanol–water partition coefficient (Wildman–Crippen LogP) is 1.68. The Kier molecular flexibility index (Phi) is 10.8. The molecule has 1 amide bonds. The average Bonchev–Trinajstić information content (AvgIpc) is 3.44. The SMILES string of the molecule is COc1cccc(OC)c1-c1cc(C(=O)Nc2nnc(/N=C(N)/C=C\N)s2)oc(=O)c1OCC(CO)N1CCSCC1. The Bertz CT molecular complexity index is 1480. The van der Waals surface area contributed by atoms with Crippen molar-refractivity contribution < 1.29 is 28.5 Å². The predicted molar refractivity (Wildman–Crippen MR) is 161 cm³/mol. The maximum absolute atomic E-state index is 13.3. The summed E-state index contributed by atoms with van der Waals surface area (Å²) in [5, 5.41) is 20.6. The summed E-state index contributed by atoms with van der Waals surface area (Å²) in [6.07, 6.45) is 2.60. The average molecular weight is 618 g/mol. The monoisotopic (exact) mass is 617 g/mol. The van der Waals surface area contributed by atoms with Crippen molar-refractivity contribution in [3.8, 4) is 28.4 Å². The number of carbonyl (C=O) groups is 1. The summed E-state index contributed by atoms with van der Waals surface area (Å²) in [4.78, 5) is 32.7. The van der Waals surface area contributed by atoms with E-state index in [0.29, 0.717) is 17.1 Å². The van der Waals surface area contributed by atoms with Gasteiger partial charge in [0.2, 0.25) is 16.0 Å². The number of hydrogen-bond donors (Lipinski definition) is 4. The minimum absolute atomic E-state index is 0.0124. The fourth-order valence-electron chi connectivity index (χ4n) is 4.15. The fraction of sp³-hybridized carbons (Fsp3) is 0.346. The highest BCUT2D eigenvalue weighted by molar-refractivity contribution is 7.99. The Morgan fingerprint density at radius 3 is 2.62 bits per heavy atom. The van der Waals surface area contributed by atoms with Crippen LogP contribution in [-0.4, -0.2) is 90.0 Å². The van der Waals surface area contributed by atoms with Gasteiger partial charge in [-0.2, -0.15) is 11.8 Å². The Morgan fingerprint density at radius 2 is 1.98 bits per heavy atom. The normalized spacial score (nSPS) is 15.0. The van der Waals surface area contributed by atoms with Gasteiger partial charge in [-0.05, 0) is 30.5 Å². The number of nitrogens with zero attached hydrogens (tertiary/aromatic N) is 4. The van der Waals surface area contributed by atoms with Gasteiger partial charge in [0.05, 0.1) is 32.4 Å². The molecule has 6 N–H and O–H groups in total. The van der Waals surface area contributed by atoms with E-state index in [2.05, 4.69) is 25.4 Å². The number of methoxy groups -OCH3 is 2. The smallest absolute Gasteiger partial charge is 0.379 e. The fourth-order valence-corrected chi connectivity index (χ4v) is 5.71. The Balaban J connectivity index is 1.70. The molecule has 0 spiro atoms. The van der Waals surface area contributed by atoms with Crippen LogP contribution in [0.4, 0.5) is 10.3 Å². The molecule has 1 atom stereocenters. The second-order valence-corrected chi connectivity index (χ2v) is 10.9. The van der Waals surface area contributed by atoms with Gasteiger partial charge in [0.1, 0.15) is 23.9 Å². The number of thioether (sulfide) groups is 1. The summed E-state index contributed by atoms with van der Waals surface area (Å²) in [7, 11) is 2.94. The van der Waals surface area contributed by atoms with Crippen LogP contribution in [0.5, 0.6) is 17.2 Å². The highest BCUT2D eigenvalue weighted by Gasteiger charge is 2.27. The zero-order valence-electron chi connectivity index (χ0n) is 22.9. The number of aliphatic hydroxyl groups excluding tert-OH is 1. The quantitative estimate of drug-likeness (QED) is 0.169. The van der Waals surface area contributed by atoms with Crippen molar-refractivity contribution in [2.75, 3.05) is 57.3 Å². The number of rotatable bonds is 12. The van der Waals surface area contributed by atoms with Gasteiger partial charge in [0, 0.05) is 30.2 Å². The van der Waals surface area contributed by atoms with Gasteiger partial charge < -0.3 is 35.2 Å². The van der Waals surface area contributed by atoms with Crippen molar-refractivity contribution in [1.82, 2.24) is 15.1 Å². The van der Waals surface area contributed by atoms with Gasteiger partial charge in [-0.15, -0.1) is 10.2 Å². The number of aliphatic hydroxyl groups is 1. The zero-order chi connectivity index (χ0) is 30.1. The van der Waals surface area contributed by atoms with Crippen molar-refractivity contribution in [2.24, 2.45) is 16.5 Å². The van der Waals surface area contributed by atoms with E-state index < -0.39 is 11.5 Å². The summed E-state index contributed by atoms with van der Waals surface area (Å²) >= 11 is 2.79. The first kappa shape index (κ1) is 30.8. The third kappa shape index (κ3) is 7.39. The molecule has 0 aliphatic carbocycles. The third-order valence-corrected chi connectivity index (χ3v) is 7.82. The molecule has 4 rings (SSSR count). The van der Waals surface area contributed by atoms with Crippen LogP contribution in [0.3, 0.4) is 0 Å². The van der Waals surface area contributed by atoms with E-state index in [1.54, 1.807) is 18.2 Å². The number of aliphatic imine (C=N–C) groups is 1. The molecule has 1 saturated heterocycles. The molecule has 0 saturated carbocycles. The maximum atomic E-state index is 13.3. The number of aromatic nitrogens is 2. The minimum Gasteiger partial charge on any atom is -0.496 e. The number of amides is 1. The number of benzene rings is 1. The number of nitrogens with one attached hydrogen (secondary N) is 1. The van der Waals surface area contributed by atoms with Crippen molar-refractivity contribution in [3.05, 3.63) is 52.7 Å². The Morgan fingerprint density at radius 1 is 1.26 bits per heavy atom. The second-order valence-electron chi connectivity index (χ2n) is 8.71. The molecular weight excluding hydrogens is 586 g/mol. The molecule has 1 aliphatic heterocycles. The highest BCUT2D eigenvalue weighted by Crippen LogP contribution is 2.42. The number of hydrogen-bond acceptors (Lipinski definition) is 14. The van der Waals surface area contributed by atoms with Crippen LogP contribution in [0, 0.1) is 0 Å².